The molecule has 6 heteroatoms. The monoisotopic (exact) mass is 475 g/mol. The van der Waals surface area contributed by atoms with Gasteiger partial charge in [0.15, 0.2) is 0 Å². The van der Waals surface area contributed by atoms with E-state index in [0.29, 0.717) is 26.2 Å². The zero-order chi connectivity index (χ0) is 24.6. The molecule has 1 saturated carbocycles. The van der Waals surface area contributed by atoms with Gasteiger partial charge in [0.05, 0.1) is 13.1 Å². The number of unbranched alkanes of at least 4 members (excludes halogenated alkanes) is 1. The molecule has 2 aromatic carbocycles. The Hall–Kier alpha value is -3.41. The van der Waals surface area contributed by atoms with Crippen LogP contribution in [0.4, 0.5) is 4.39 Å². The van der Waals surface area contributed by atoms with Crippen LogP contribution in [-0.2, 0) is 29.2 Å². The Morgan fingerprint density at radius 3 is 2.34 bits per heavy atom. The summed E-state index contributed by atoms with van der Waals surface area (Å²) in [6.45, 7) is 4.33. The Bertz CT molecular complexity index is 1110. The Morgan fingerprint density at radius 2 is 1.66 bits per heavy atom. The normalized spacial score (nSPS) is 13.0. The molecule has 0 atom stereocenters. The number of hydrogen-bond donors (Lipinski definition) is 0. The second kappa shape index (κ2) is 11.8. The first kappa shape index (κ1) is 24.7. The maximum absolute atomic E-state index is 13.6. The first-order valence-electron chi connectivity index (χ1n) is 12.5. The molecule has 1 aliphatic carbocycles. The van der Waals surface area contributed by atoms with Gasteiger partial charge in [-0.1, -0.05) is 55.8 Å². The Kier molecular flexibility index (Phi) is 8.35. The van der Waals surface area contributed by atoms with Gasteiger partial charge in [-0.05, 0) is 54.7 Å². The van der Waals surface area contributed by atoms with Crippen LogP contribution in [0.1, 0.15) is 49.4 Å². The van der Waals surface area contributed by atoms with Crippen LogP contribution in [-0.4, -0.2) is 39.3 Å². The summed E-state index contributed by atoms with van der Waals surface area (Å²) in [5, 5.41) is 0. The van der Waals surface area contributed by atoms with Crippen molar-refractivity contribution < 1.29 is 14.0 Å². The van der Waals surface area contributed by atoms with Gasteiger partial charge < -0.3 is 14.4 Å². The minimum absolute atomic E-state index is 0.0477. The van der Waals surface area contributed by atoms with E-state index in [4.69, 9.17) is 0 Å². The van der Waals surface area contributed by atoms with Crippen molar-refractivity contribution in [3.63, 3.8) is 0 Å². The average molecular weight is 476 g/mol. The second-order valence-corrected chi connectivity index (χ2v) is 9.38. The minimum Gasteiger partial charge on any atom is -0.345 e. The lowest BCUT2D eigenvalue weighted by Crippen LogP contribution is -2.43. The van der Waals surface area contributed by atoms with Crippen LogP contribution in [0.5, 0.6) is 0 Å². The molecule has 1 heterocycles. The maximum atomic E-state index is 13.6. The third kappa shape index (κ3) is 7.04. The van der Waals surface area contributed by atoms with E-state index >= 15 is 0 Å². The highest BCUT2D eigenvalue weighted by molar-refractivity contribution is 5.87. The highest BCUT2D eigenvalue weighted by Crippen LogP contribution is 2.31. The first-order valence-corrected chi connectivity index (χ1v) is 12.5. The molecule has 0 saturated heterocycles. The van der Waals surface area contributed by atoms with Crippen LogP contribution in [0.3, 0.4) is 0 Å². The van der Waals surface area contributed by atoms with Gasteiger partial charge in [-0.15, -0.1) is 0 Å². The van der Waals surface area contributed by atoms with Crippen molar-refractivity contribution in [1.29, 1.82) is 0 Å². The summed E-state index contributed by atoms with van der Waals surface area (Å²) in [6, 6.07) is 20.4. The molecular formula is C29H34FN3O2. The minimum atomic E-state index is -0.255. The molecule has 1 aromatic heterocycles. The number of carbonyl (C=O) groups is 2. The maximum Gasteiger partial charge on any atom is 0.242 e. The van der Waals surface area contributed by atoms with Crippen LogP contribution in [0.2, 0.25) is 0 Å². The van der Waals surface area contributed by atoms with Gasteiger partial charge in [0.2, 0.25) is 11.8 Å². The first-order chi connectivity index (χ1) is 17.0. The molecule has 0 radical (unpaired) electrons. The number of benzene rings is 2. The quantitative estimate of drug-likeness (QED) is 0.360. The van der Waals surface area contributed by atoms with Crippen LogP contribution in [0.15, 0.2) is 72.9 Å². The van der Waals surface area contributed by atoms with Gasteiger partial charge in [0, 0.05) is 37.4 Å². The lowest BCUT2D eigenvalue weighted by atomic mass is 10.2. The van der Waals surface area contributed by atoms with Crippen molar-refractivity contribution in [2.24, 2.45) is 5.92 Å². The molecule has 0 N–H and O–H groups in total. The Labute approximate surface area is 207 Å². The highest BCUT2D eigenvalue weighted by atomic mass is 19.1. The van der Waals surface area contributed by atoms with E-state index in [2.05, 4.69) is 11.5 Å². The number of hydrogen-bond acceptors (Lipinski definition) is 2. The van der Waals surface area contributed by atoms with Crippen LogP contribution in [0, 0.1) is 11.7 Å². The summed E-state index contributed by atoms with van der Waals surface area (Å²) in [4.78, 5) is 30.0. The SMILES string of the molecule is CCCCN(CC(=O)N(Cc1ccccc1)Cc1cccn1Cc1ccc(F)cc1)C(=O)C1CC1. The third-order valence-electron chi connectivity index (χ3n) is 6.46. The molecule has 4 rings (SSSR count). The largest absolute Gasteiger partial charge is 0.345 e. The van der Waals surface area contributed by atoms with Crippen molar-refractivity contribution in [3.05, 3.63) is 95.6 Å². The lowest BCUT2D eigenvalue weighted by molar-refractivity contribution is -0.142. The number of carbonyl (C=O) groups excluding carboxylic acids is 2. The predicted molar refractivity (Wildman–Crippen MR) is 135 cm³/mol. The average Bonchev–Trinajstić information content (AvgIpc) is 3.63. The molecule has 0 aliphatic heterocycles. The zero-order valence-electron chi connectivity index (χ0n) is 20.4. The van der Waals surface area contributed by atoms with Gasteiger partial charge >= 0.3 is 0 Å². The summed E-state index contributed by atoms with van der Waals surface area (Å²) in [5.74, 6) is -0.0933. The summed E-state index contributed by atoms with van der Waals surface area (Å²) < 4.78 is 15.4. The zero-order valence-corrected chi connectivity index (χ0v) is 20.4. The topological polar surface area (TPSA) is 45.6 Å². The Balaban J connectivity index is 1.51. The molecule has 5 nitrogen and oxygen atoms in total. The number of rotatable bonds is 12. The van der Waals surface area contributed by atoms with Crippen molar-refractivity contribution >= 4 is 11.8 Å². The standard InChI is InChI=1S/C29H34FN3O2/c1-2-3-17-32(29(35)25-13-14-25)22-28(34)33(20-23-8-5-4-6-9-23)21-27-10-7-18-31(27)19-24-11-15-26(30)16-12-24/h4-12,15-16,18,25H,2-3,13-14,17,19-22H2,1H3. The van der Waals surface area contributed by atoms with Gasteiger partial charge in [0.25, 0.3) is 0 Å². The predicted octanol–water partition coefficient (Wildman–Crippen LogP) is 5.24. The van der Waals surface area contributed by atoms with Crippen molar-refractivity contribution in [2.45, 2.75) is 52.2 Å². The molecule has 0 bridgehead atoms. The van der Waals surface area contributed by atoms with E-state index in [1.807, 2.05) is 53.6 Å². The summed E-state index contributed by atoms with van der Waals surface area (Å²) in [5.41, 5.74) is 3.03. The fourth-order valence-electron chi connectivity index (χ4n) is 4.23. The summed E-state index contributed by atoms with van der Waals surface area (Å²) >= 11 is 0. The van der Waals surface area contributed by atoms with Crippen LogP contribution < -0.4 is 0 Å². The summed E-state index contributed by atoms with van der Waals surface area (Å²) in [6.07, 6.45) is 5.72. The van der Waals surface area contributed by atoms with Crippen molar-refractivity contribution in [2.75, 3.05) is 13.1 Å². The number of halogens is 1. The van der Waals surface area contributed by atoms with E-state index in [-0.39, 0.29) is 30.1 Å². The molecule has 184 valence electrons. The van der Waals surface area contributed by atoms with Crippen LogP contribution in [0.25, 0.3) is 0 Å². The second-order valence-electron chi connectivity index (χ2n) is 9.38. The lowest BCUT2D eigenvalue weighted by Gasteiger charge is -2.28. The molecule has 0 unspecified atom stereocenters. The molecule has 1 aliphatic rings. The fourth-order valence-corrected chi connectivity index (χ4v) is 4.23. The molecule has 35 heavy (non-hydrogen) atoms. The van der Waals surface area contributed by atoms with E-state index in [1.165, 1.54) is 12.1 Å². The van der Waals surface area contributed by atoms with E-state index in [0.717, 1.165) is 42.5 Å². The van der Waals surface area contributed by atoms with Crippen molar-refractivity contribution in [1.82, 2.24) is 14.4 Å². The van der Waals surface area contributed by atoms with Crippen LogP contribution >= 0.6 is 0 Å². The molecule has 3 aromatic rings. The van der Waals surface area contributed by atoms with E-state index in [9.17, 15) is 14.0 Å². The number of amides is 2. The highest BCUT2D eigenvalue weighted by Gasteiger charge is 2.34. The molecular weight excluding hydrogens is 441 g/mol. The summed E-state index contributed by atoms with van der Waals surface area (Å²) in [7, 11) is 0. The van der Waals surface area contributed by atoms with Gasteiger partial charge in [0.1, 0.15) is 5.82 Å². The van der Waals surface area contributed by atoms with E-state index < -0.39 is 0 Å². The molecule has 0 spiro atoms. The van der Waals surface area contributed by atoms with Gasteiger partial charge in [-0.3, -0.25) is 9.59 Å². The number of nitrogens with zero attached hydrogens (tertiary/aromatic N) is 3. The molecule has 1 fully saturated rings. The fraction of sp³-hybridized carbons (Fsp3) is 0.379. The van der Waals surface area contributed by atoms with Gasteiger partial charge in [-0.25, -0.2) is 4.39 Å². The number of aromatic nitrogens is 1. The Morgan fingerprint density at radius 1 is 0.914 bits per heavy atom. The third-order valence-corrected chi connectivity index (χ3v) is 6.46. The van der Waals surface area contributed by atoms with E-state index in [1.54, 1.807) is 17.0 Å². The van der Waals surface area contributed by atoms with Crippen molar-refractivity contribution in [3.8, 4) is 0 Å². The molecule has 2 amide bonds. The smallest absolute Gasteiger partial charge is 0.242 e. The van der Waals surface area contributed by atoms with Gasteiger partial charge in [-0.2, -0.15) is 0 Å².